The van der Waals surface area contributed by atoms with Crippen LogP contribution in [0, 0.1) is 11.7 Å². The van der Waals surface area contributed by atoms with Crippen LogP contribution in [0.5, 0.6) is 5.75 Å². The summed E-state index contributed by atoms with van der Waals surface area (Å²) < 4.78 is 18.7. The van der Waals surface area contributed by atoms with Gasteiger partial charge in [-0.05, 0) is 24.5 Å². The van der Waals surface area contributed by atoms with Gasteiger partial charge in [-0.25, -0.2) is 4.39 Å². The first-order chi connectivity index (χ1) is 8.99. The Morgan fingerprint density at radius 1 is 1.47 bits per heavy atom. The van der Waals surface area contributed by atoms with Gasteiger partial charge in [-0.3, -0.25) is 4.79 Å². The molecule has 0 radical (unpaired) electrons. The molecule has 0 spiro atoms. The number of hydrogen-bond acceptors (Lipinski definition) is 2. The molecule has 0 fully saturated rings. The number of halogens is 2. The van der Waals surface area contributed by atoms with Gasteiger partial charge in [0.15, 0.2) is 0 Å². The first-order valence-electron chi connectivity index (χ1n) is 6.20. The number of alkyl halides is 1. The number of hydrogen-bond donors (Lipinski definition) is 1. The fourth-order valence-corrected chi connectivity index (χ4v) is 1.98. The molecule has 106 valence electrons. The van der Waals surface area contributed by atoms with Crippen LogP contribution in [-0.4, -0.2) is 24.9 Å². The molecule has 0 aliphatic carbocycles. The molecule has 0 bridgehead atoms. The monoisotopic (exact) mass is 287 g/mol. The van der Waals surface area contributed by atoms with Crippen LogP contribution in [0.2, 0.25) is 0 Å². The Balaban J connectivity index is 2.82. The van der Waals surface area contributed by atoms with Crippen molar-refractivity contribution in [3.8, 4) is 5.75 Å². The minimum Gasteiger partial charge on any atom is -0.497 e. The van der Waals surface area contributed by atoms with E-state index < -0.39 is 11.7 Å². The molecule has 1 rings (SSSR count). The van der Waals surface area contributed by atoms with E-state index in [1.54, 1.807) is 6.07 Å². The molecule has 0 aliphatic rings. The van der Waals surface area contributed by atoms with Gasteiger partial charge in [-0.15, -0.1) is 11.6 Å². The summed E-state index contributed by atoms with van der Waals surface area (Å²) >= 11 is 5.70. The lowest BCUT2D eigenvalue weighted by Crippen LogP contribution is -2.39. The molecule has 3 nitrogen and oxygen atoms in total. The maximum atomic E-state index is 13.8. The number of methoxy groups -OCH3 is 1. The Hall–Kier alpha value is -1.29. The number of amides is 1. The van der Waals surface area contributed by atoms with E-state index in [0.717, 1.165) is 0 Å². The average Bonchev–Trinajstić information content (AvgIpc) is 2.37. The zero-order valence-corrected chi connectivity index (χ0v) is 12.1. The van der Waals surface area contributed by atoms with Crippen LogP contribution in [0.3, 0.4) is 0 Å². The molecule has 0 saturated carbocycles. The highest BCUT2D eigenvalue weighted by molar-refractivity contribution is 6.17. The van der Waals surface area contributed by atoms with E-state index in [-0.39, 0.29) is 17.5 Å². The molecule has 1 atom stereocenters. The van der Waals surface area contributed by atoms with Gasteiger partial charge < -0.3 is 10.1 Å². The third-order valence-corrected chi connectivity index (χ3v) is 3.18. The van der Waals surface area contributed by atoms with Crippen molar-refractivity contribution < 1.29 is 13.9 Å². The van der Waals surface area contributed by atoms with Crippen LogP contribution >= 0.6 is 11.6 Å². The molecular weight excluding hydrogens is 269 g/mol. The summed E-state index contributed by atoms with van der Waals surface area (Å²) in [6, 6.07) is 4.11. The highest BCUT2D eigenvalue weighted by Crippen LogP contribution is 2.17. The van der Waals surface area contributed by atoms with E-state index in [4.69, 9.17) is 16.3 Å². The van der Waals surface area contributed by atoms with Gasteiger partial charge in [0.1, 0.15) is 11.6 Å². The summed E-state index contributed by atoms with van der Waals surface area (Å²) in [4.78, 5) is 12.0. The van der Waals surface area contributed by atoms with E-state index in [2.05, 4.69) is 5.32 Å². The molecule has 5 heteroatoms. The molecule has 0 heterocycles. The number of carbonyl (C=O) groups excluding carboxylic acids is 1. The van der Waals surface area contributed by atoms with Gasteiger partial charge in [0, 0.05) is 18.0 Å². The summed E-state index contributed by atoms with van der Waals surface area (Å²) in [5, 5.41) is 2.81. The second kappa shape index (κ2) is 7.34. The Morgan fingerprint density at radius 2 is 2.16 bits per heavy atom. The molecule has 19 heavy (non-hydrogen) atoms. The van der Waals surface area contributed by atoms with Crippen LogP contribution < -0.4 is 10.1 Å². The number of nitrogens with one attached hydrogen (secondary N) is 1. The van der Waals surface area contributed by atoms with E-state index >= 15 is 0 Å². The van der Waals surface area contributed by atoms with Gasteiger partial charge in [0.05, 0.1) is 12.7 Å². The lowest BCUT2D eigenvalue weighted by Gasteiger charge is -2.21. The maximum absolute atomic E-state index is 13.8. The first kappa shape index (κ1) is 15.8. The van der Waals surface area contributed by atoms with E-state index in [1.165, 1.54) is 19.2 Å². The number of benzene rings is 1. The Bertz CT molecular complexity index is 437. The van der Waals surface area contributed by atoms with Crippen LogP contribution in [0.15, 0.2) is 18.2 Å². The molecule has 1 N–H and O–H groups in total. The van der Waals surface area contributed by atoms with Crippen LogP contribution in [0.1, 0.15) is 30.6 Å². The molecule has 1 aromatic rings. The fraction of sp³-hybridized carbons (Fsp3) is 0.500. The zero-order valence-electron chi connectivity index (χ0n) is 11.4. The molecule has 1 unspecified atom stereocenters. The number of ether oxygens (including phenoxy) is 1. The van der Waals surface area contributed by atoms with E-state index in [0.29, 0.717) is 18.1 Å². The minimum absolute atomic E-state index is 0.0148. The SMILES string of the molecule is COc1ccc(C(=O)NC(CCCl)C(C)C)c(F)c1. The van der Waals surface area contributed by atoms with Crippen molar-refractivity contribution in [3.05, 3.63) is 29.6 Å². The Kier molecular flexibility index (Phi) is 6.09. The Morgan fingerprint density at radius 3 is 2.63 bits per heavy atom. The smallest absolute Gasteiger partial charge is 0.254 e. The lowest BCUT2D eigenvalue weighted by molar-refractivity contribution is 0.0920. The first-order valence-corrected chi connectivity index (χ1v) is 6.73. The van der Waals surface area contributed by atoms with E-state index in [1.807, 2.05) is 13.8 Å². The third kappa shape index (κ3) is 4.39. The lowest BCUT2D eigenvalue weighted by atomic mass is 10.0. The summed E-state index contributed by atoms with van der Waals surface area (Å²) in [7, 11) is 1.45. The van der Waals surface area contributed by atoms with Crippen LogP contribution in [0.25, 0.3) is 0 Å². The molecule has 1 aromatic carbocycles. The summed E-state index contributed by atoms with van der Waals surface area (Å²) in [5.41, 5.74) is 0.0148. The summed E-state index contributed by atoms with van der Waals surface area (Å²) in [5.74, 6) is 0.0576. The molecule has 1 amide bonds. The quantitative estimate of drug-likeness (QED) is 0.816. The largest absolute Gasteiger partial charge is 0.497 e. The minimum atomic E-state index is -0.592. The van der Waals surface area contributed by atoms with Crippen molar-refractivity contribution in [2.24, 2.45) is 5.92 Å². The highest BCUT2D eigenvalue weighted by atomic mass is 35.5. The van der Waals surface area contributed by atoms with Gasteiger partial charge in [-0.1, -0.05) is 13.8 Å². The van der Waals surface area contributed by atoms with Gasteiger partial charge in [-0.2, -0.15) is 0 Å². The van der Waals surface area contributed by atoms with Crippen molar-refractivity contribution in [1.82, 2.24) is 5.32 Å². The predicted molar refractivity (Wildman–Crippen MR) is 74.4 cm³/mol. The fourth-order valence-electron chi connectivity index (χ4n) is 1.74. The second-order valence-electron chi connectivity index (χ2n) is 4.65. The van der Waals surface area contributed by atoms with Crippen molar-refractivity contribution in [2.45, 2.75) is 26.3 Å². The van der Waals surface area contributed by atoms with Gasteiger partial charge in [0.2, 0.25) is 0 Å². The second-order valence-corrected chi connectivity index (χ2v) is 5.03. The normalized spacial score (nSPS) is 12.3. The average molecular weight is 288 g/mol. The molecular formula is C14H19ClFNO2. The van der Waals surface area contributed by atoms with Gasteiger partial charge >= 0.3 is 0 Å². The molecule has 0 aromatic heterocycles. The summed E-state index contributed by atoms with van der Waals surface area (Å²) in [6.07, 6.45) is 0.655. The standard InChI is InChI=1S/C14H19ClFNO2/c1-9(2)13(6-7-15)17-14(18)11-5-4-10(19-3)8-12(11)16/h4-5,8-9,13H,6-7H2,1-3H3,(H,17,18). The van der Waals surface area contributed by atoms with Crippen molar-refractivity contribution in [2.75, 3.05) is 13.0 Å². The van der Waals surface area contributed by atoms with Crippen molar-refractivity contribution >= 4 is 17.5 Å². The van der Waals surface area contributed by atoms with Crippen LogP contribution in [0.4, 0.5) is 4.39 Å². The van der Waals surface area contributed by atoms with Crippen molar-refractivity contribution in [1.29, 1.82) is 0 Å². The number of rotatable bonds is 6. The van der Waals surface area contributed by atoms with Crippen LogP contribution in [-0.2, 0) is 0 Å². The topological polar surface area (TPSA) is 38.3 Å². The maximum Gasteiger partial charge on any atom is 0.254 e. The van der Waals surface area contributed by atoms with Crippen molar-refractivity contribution in [3.63, 3.8) is 0 Å². The highest BCUT2D eigenvalue weighted by Gasteiger charge is 2.19. The summed E-state index contributed by atoms with van der Waals surface area (Å²) in [6.45, 7) is 3.98. The predicted octanol–water partition coefficient (Wildman–Crippen LogP) is 3.22. The van der Waals surface area contributed by atoms with E-state index in [9.17, 15) is 9.18 Å². The Labute approximate surface area is 118 Å². The third-order valence-electron chi connectivity index (χ3n) is 2.96. The van der Waals surface area contributed by atoms with Gasteiger partial charge in [0.25, 0.3) is 5.91 Å². The number of carbonyl (C=O) groups is 1. The zero-order chi connectivity index (χ0) is 14.4. The molecule has 0 saturated heterocycles. The molecule has 0 aliphatic heterocycles.